The van der Waals surface area contributed by atoms with Crippen molar-refractivity contribution in [3.8, 4) is 0 Å². The quantitative estimate of drug-likeness (QED) is 0.498. The molecule has 4 heteroatoms. The van der Waals surface area contributed by atoms with Gasteiger partial charge in [0, 0.05) is 13.1 Å². The van der Waals surface area contributed by atoms with E-state index in [1.165, 1.54) is 39.6 Å². The Morgan fingerprint density at radius 2 is 1.82 bits per heavy atom. The van der Waals surface area contributed by atoms with E-state index in [0.29, 0.717) is 4.32 Å². The van der Waals surface area contributed by atoms with Gasteiger partial charge in [0.2, 0.25) is 0 Å². The molecule has 0 aromatic carbocycles. The third-order valence-corrected chi connectivity index (χ3v) is 3.66. The molecule has 3 nitrogen and oxygen atoms in total. The van der Waals surface area contributed by atoms with E-state index in [1.54, 1.807) is 4.90 Å². The van der Waals surface area contributed by atoms with E-state index in [1.807, 2.05) is 0 Å². The Balaban J connectivity index is 1.94. The minimum Gasteiger partial charge on any atom is -0.309 e. The highest BCUT2D eigenvalue weighted by Crippen LogP contribution is 2.27. The SMILES string of the molecule is BrC12CN3CN(C[NH+](C3)C1)C2. The Morgan fingerprint density at radius 1 is 1.18 bits per heavy atom. The van der Waals surface area contributed by atoms with Gasteiger partial charge in [-0.2, -0.15) is 0 Å². The Kier molecular flexibility index (Phi) is 1.24. The highest BCUT2D eigenvalue weighted by molar-refractivity contribution is 9.10. The maximum absolute atomic E-state index is 3.85. The van der Waals surface area contributed by atoms with Gasteiger partial charge >= 0.3 is 0 Å². The van der Waals surface area contributed by atoms with Crippen LogP contribution in [-0.2, 0) is 0 Å². The van der Waals surface area contributed by atoms with Crippen molar-refractivity contribution in [1.29, 1.82) is 0 Å². The first kappa shape index (κ1) is 6.83. The maximum Gasteiger partial charge on any atom is 0.135 e. The van der Waals surface area contributed by atoms with Gasteiger partial charge in [0.25, 0.3) is 0 Å². The Labute approximate surface area is 75.1 Å². The molecule has 0 aliphatic carbocycles. The number of quaternary nitrogens is 1. The number of rotatable bonds is 0. The highest BCUT2D eigenvalue weighted by Gasteiger charge is 2.49. The van der Waals surface area contributed by atoms with Crippen LogP contribution in [0.1, 0.15) is 0 Å². The van der Waals surface area contributed by atoms with Gasteiger partial charge in [-0.3, -0.25) is 0 Å². The molecule has 0 spiro atoms. The predicted octanol–water partition coefficient (Wildman–Crippen LogP) is -1.48. The predicted molar refractivity (Wildman–Crippen MR) is 45.5 cm³/mol. The lowest BCUT2D eigenvalue weighted by Gasteiger charge is -2.55. The molecule has 2 unspecified atom stereocenters. The second kappa shape index (κ2) is 1.99. The number of halogens is 1. The van der Waals surface area contributed by atoms with E-state index >= 15 is 0 Å². The largest absolute Gasteiger partial charge is 0.309 e. The first-order valence-electron chi connectivity index (χ1n) is 4.21. The van der Waals surface area contributed by atoms with E-state index in [9.17, 15) is 0 Å². The lowest BCUT2D eigenvalue weighted by Crippen LogP contribution is -3.22. The summed E-state index contributed by atoms with van der Waals surface area (Å²) in [7, 11) is 0. The zero-order chi connectivity index (χ0) is 7.47. The number of hydrogen-bond acceptors (Lipinski definition) is 2. The summed E-state index contributed by atoms with van der Waals surface area (Å²) in [5.74, 6) is 0. The standard InChI is InChI=1S/C7H12BrN3/c8-7-1-9-4-10(2-7)6-11(3-7)5-9/h1-6H2/p+1. The van der Waals surface area contributed by atoms with Crippen molar-refractivity contribution in [2.24, 2.45) is 0 Å². The molecule has 4 heterocycles. The van der Waals surface area contributed by atoms with Crippen molar-refractivity contribution in [3.05, 3.63) is 0 Å². The minimum absolute atomic E-state index is 0.428. The van der Waals surface area contributed by atoms with Gasteiger partial charge in [0.15, 0.2) is 0 Å². The van der Waals surface area contributed by atoms with Gasteiger partial charge in [0.05, 0.1) is 13.2 Å². The third kappa shape index (κ3) is 0.967. The summed E-state index contributed by atoms with van der Waals surface area (Å²) in [5, 5.41) is 0. The van der Waals surface area contributed by atoms with Gasteiger partial charge in [-0.1, -0.05) is 15.9 Å². The van der Waals surface area contributed by atoms with Crippen LogP contribution in [0.3, 0.4) is 0 Å². The maximum atomic E-state index is 3.85. The number of alkyl halides is 1. The smallest absolute Gasteiger partial charge is 0.135 e. The van der Waals surface area contributed by atoms with Crippen LogP contribution in [0.4, 0.5) is 0 Å². The molecule has 4 bridgehead atoms. The third-order valence-electron chi connectivity index (χ3n) is 2.88. The van der Waals surface area contributed by atoms with Gasteiger partial charge in [-0.05, 0) is 0 Å². The van der Waals surface area contributed by atoms with Crippen LogP contribution in [0.25, 0.3) is 0 Å². The molecule has 4 rings (SSSR count). The van der Waals surface area contributed by atoms with Crippen LogP contribution in [-0.4, -0.2) is 53.8 Å². The highest BCUT2D eigenvalue weighted by atomic mass is 79.9. The van der Waals surface area contributed by atoms with Crippen molar-refractivity contribution in [1.82, 2.24) is 9.80 Å². The molecule has 11 heavy (non-hydrogen) atoms. The van der Waals surface area contributed by atoms with E-state index in [4.69, 9.17) is 0 Å². The number of hydrogen-bond donors (Lipinski definition) is 1. The summed E-state index contributed by atoms with van der Waals surface area (Å²) in [6.45, 7) is 7.57. The second-order valence-corrected chi connectivity index (χ2v) is 5.88. The molecule has 4 saturated heterocycles. The van der Waals surface area contributed by atoms with Gasteiger partial charge in [-0.15, -0.1) is 0 Å². The van der Waals surface area contributed by atoms with Crippen molar-refractivity contribution >= 4 is 15.9 Å². The zero-order valence-corrected chi connectivity index (χ0v) is 8.10. The van der Waals surface area contributed by atoms with Crippen LogP contribution in [0.5, 0.6) is 0 Å². The molecule has 4 fully saturated rings. The van der Waals surface area contributed by atoms with E-state index in [-0.39, 0.29) is 0 Å². The molecule has 0 aromatic rings. The van der Waals surface area contributed by atoms with Crippen LogP contribution in [0.15, 0.2) is 0 Å². The zero-order valence-electron chi connectivity index (χ0n) is 6.52. The summed E-state index contributed by atoms with van der Waals surface area (Å²) in [4.78, 5) is 6.81. The van der Waals surface area contributed by atoms with E-state index in [0.717, 1.165) is 0 Å². The van der Waals surface area contributed by atoms with E-state index < -0.39 is 0 Å². The van der Waals surface area contributed by atoms with Crippen molar-refractivity contribution in [3.63, 3.8) is 0 Å². The minimum atomic E-state index is 0.428. The molecule has 4 aliphatic rings. The number of nitrogens with one attached hydrogen (secondary N) is 1. The molecular weight excluding hydrogens is 206 g/mol. The lowest BCUT2D eigenvalue weighted by atomic mass is 10.0. The van der Waals surface area contributed by atoms with Gasteiger partial charge in [-0.25, -0.2) is 9.80 Å². The number of nitrogens with zero attached hydrogens (tertiary/aromatic N) is 2. The second-order valence-electron chi connectivity index (χ2n) is 4.19. The van der Waals surface area contributed by atoms with Crippen LogP contribution in [0.2, 0.25) is 0 Å². The molecule has 0 radical (unpaired) electrons. The molecular formula is C7H13BrN3+. The first-order valence-corrected chi connectivity index (χ1v) is 5.00. The summed E-state index contributed by atoms with van der Waals surface area (Å²) in [6.07, 6.45) is 0. The average Bonchev–Trinajstić information content (AvgIpc) is 1.79. The monoisotopic (exact) mass is 218 g/mol. The summed E-state index contributed by atoms with van der Waals surface area (Å²) >= 11 is 3.85. The molecule has 0 aromatic heterocycles. The van der Waals surface area contributed by atoms with Crippen LogP contribution in [0, 0.1) is 0 Å². The van der Waals surface area contributed by atoms with Gasteiger partial charge in [0.1, 0.15) is 17.7 Å². The van der Waals surface area contributed by atoms with Gasteiger partial charge < -0.3 is 4.90 Å². The summed E-state index contributed by atoms with van der Waals surface area (Å²) in [6, 6.07) is 0. The van der Waals surface area contributed by atoms with Crippen molar-refractivity contribution < 1.29 is 4.90 Å². The molecule has 4 aliphatic heterocycles. The lowest BCUT2D eigenvalue weighted by molar-refractivity contribution is -0.944. The van der Waals surface area contributed by atoms with E-state index in [2.05, 4.69) is 25.7 Å². The Bertz CT molecular complexity index is 159. The Morgan fingerprint density at radius 3 is 2.27 bits per heavy atom. The fraction of sp³-hybridized carbons (Fsp3) is 1.00. The first-order chi connectivity index (χ1) is 5.23. The molecule has 1 N–H and O–H groups in total. The van der Waals surface area contributed by atoms with Crippen LogP contribution >= 0.6 is 15.9 Å². The summed E-state index contributed by atoms with van der Waals surface area (Å²) < 4.78 is 0.428. The normalized spacial score (nSPS) is 60.3. The molecule has 62 valence electrons. The Hall–Kier alpha value is 0.360. The molecule has 2 atom stereocenters. The van der Waals surface area contributed by atoms with Crippen LogP contribution < -0.4 is 4.90 Å². The fourth-order valence-corrected chi connectivity index (χ4v) is 3.91. The van der Waals surface area contributed by atoms with Crippen molar-refractivity contribution in [2.45, 2.75) is 4.32 Å². The fourth-order valence-electron chi connectivity index (χ4n) is 2.80. The topological polar surface area (TPSA) is 10.9 Å². The van der Waals surface area contributed by atoms with Crippen molar-refractivity contribution in [2.75, 3.05) is 39.6 Å². The average molecular weight is 219 g/mol. The molecule has 0 amide bonds. The molecule has 0 saturated carbocycles. The summed E-state index contributed by atoms with van der Waals surface area (Å²) in [5.41, 5.74) is 0.